The van der Waals surface area contributed by atoms with Gasteiger partial charge in [0.1, 0.15) is 6.73 Å². The SMILES string of the molecule is C[Si](C)(C)CCOCn1ncc(F)c1S(=O)O.[H-].[Li+]. The van der Waals surface area contributed by atoms with Crippen LogP contribution in [0.2, 0.25) is 25.7 Å². The van der Waals surface area contributed by atoms with Crippen molar-refractivity contribution in [2.24, 2.45) is 0 Å². The number of aromatic nitrogens is 2. The Kier molecular flexibility index (Phi) is 7.58. The van der Waals surface area contributed by atoms with Crippen LogP contribution in [-0.2, 0) is 22.5 Å². The van der Waals surface area contributed by atoms with Crippen LogP contribution in [0.1, 0.15) is 1.43 Å². The van der Waals surface area contributed by atoms with Crippen LogP contribution in [0.25, 0.3) is 0 Å². The maximum Gasteiger partial charge on any atom is 1.00 e. The van der Waals surface area contributed by atoms with Gasteiger partial charge in [-0.2, -0.15) is 5.10 Å². The molecular formula is C9H18FLiN2O3SSi. The first-order valence-electron chi connectivity index (χ1n) is 5.21. The second-order valence-corrected chi connectivity index (χ2v) is 11.4. The van der Waals surface area contributed by atoms with E-state index in [-0.39, 0.29) is 32.0 Å². The first kappa shape index (κ1) is 18.0. The maximum atomic E-state index is 13.1. The van der Waals surface area contributed by atoms with Crippen LogP contribution >= 0.6 is 0 Å². The molecule has 0 spiro atoms. The molecule has 1 rings (SSSR count). The van der Waals surface area contributed by atoms with E-state index in [4.69, 9.17) is 9.29 Å². The van der Waals surface area contributed by atoms with Gasteiger partial charge in [0, 0.05) is 14.7 Å². The average molecular weight is 288 g/mol. The summed E-state index contributed by atoms with van der Waals surface area (Å²) < 4.78 is 39.2. The molecule has 0 saturated carbocycles. The van der Waals surface area contributed by atoms with Gasteiger partial charge in [-0.05, 0) is 6.04 Å². The monoisotopic (exact) mass is 288 g/mol. The van der Waals surface area contributed by atoms with E-state index in [1.54, 1.807) is 0 Å². The minimum absolute atomic E-state index is 0. The fraction of sp³-hybridized carbons (Fsp3) is 0.667. The van der Waals surface area contributed by atoms with Crippen LogP contribution < -0.4 is 18.9 Å². The molecule has 0 saturated heterocycles. The number of hydrogen-bond donors (Lipinski definition) is 1. The zero-order valence-electron chi connectivity index (χ0n) is 12.1. The van der Waals surface area contributed by atoms with Gasteiger partial charge >= 0.3 is 18.9 Å². The standard InChI is InChI=1S/C9H17FN2O3SSi.Li.H/c1-17(2,3)5-4-15-7-12-9(16(13)14)8(10)6-11-12;;/h6H,4-5,7H2,1-3H3,(H,13,14);;/q;+1;-1. The maximum absolute atomic E-state index is 13.1. The summed E-state index contributed by atoms with van der Waals surface area (Å²) >= 11 is -2.39. The van der Waals surface area contributed by atoms with Crippen molar-refractivity contribution in [2.45, 2.75) is 37.4 Å². The molecule has 0 aliphatic carbocycles. The van der Waals surface area contributed by atoms with Gasteiger partial charge in [0.2, 0.25) is 11.1 Å². The Morgan fingerprint density at radius 2 is 2.22 bits per heavy atom. The Bertz CT molecular complexity index is 417. The third-order valence-electron chi connectivity index (χ3n) is 2.12. The predicted octanol–water partition coefficient (Wildman–Crippen LogP) is -0.968. The zero-order chi connectivity index (χ0) is 13.1. The summed E-state index contributed by atoms with van der Waals surface area (Å²) in [6, 6.07) is 0.980. The smallest absolute Gasteiger partial charge is 1.00 e. The molecule has 18 heavy (non-hydrogen) atoms. The van der Waals surface area contributed by atoms with Crippen molar-refractivity contribution in [2.75, 3.05) is 6.61 Å². The Labute approximate surface area is 123 Å². The summed E-state index contributed by atoms with van der Waals surface area (Å²) in [6.45, 7) is 7.21. The fourth-order valence-electron chi connectivity index (χ4n) is 1.15. The molecule has 1 aromatic rings. The van der Waals surface area contributed by atoms with Gasteiger partial charge < -0.3 is 10.7 Å². The van der Waals surface area contributed by atoms with Crippen LogP contribution in [0.4, 0.5) is 4.39 Å². The molecule has 0 radical (unpaired) electrons. The second kappa shape index (κ2) is 7.57. The molecule has 1 atom stereocenters. The zero-order valence-corrected chi connectivity index (χ0v) is 13.0. The van der Waals surface area contributed by atoms with Gasteiger partial charge in [-0.1, -0.05) is 19.6 Å². The third kappa shape index (κ3) is 5.78. The van der Waals surface area contributed by atoms with Gasteiger partial charge in [-0.25, -0.2) is 13.3 Å². The van der Waals surface area contributed by atoms with Crippen molar-refractivity contribution in [3.05, 3.63) is 12.0 Å². The topological polar surface area (TPSA) is 64.4 Å². The molecule has 0 aliphatic heterocycles. The van der Waals surface area contributed by atoms with E-state index in [1.165, 1.54) is 0 Å². The van der Waals surface area contributed by atoms with Crippen LogP contribution in [0, 0.1) is 5.82 Å². The van der Waals surface area contributed by atoms with Gasteiger partial charge in [-0.15, -0.1) is 0 Å². The Morgan fingerprint density at radius 1 is 1.61 bits per heavy atom. The molecule has 1 heterocycles. The van der Waals surface area contributed by atoms with Crippen molar-refractivity contribution in [3.63, 3.8) is 0 Å². The van der Waals surface area contributed by atoms with E-state index in [1.807, 2.05) is 0 Å². The molecule has 1 aromatic heterocycles. The minimum atomic E-state index is -2.39. The Morgan fingerprint density at radius 3 is 2.72 bits per heavy atom. The number of hydrogen-bond acceptors (Lipinski definition) is 3. The van der Waals surface area contributed by atoms with E-state index >= 15 is 0 Å². The van der Waals surface area contributed by atoms with Gasteiger partial charge in [0.25, 0.3) is 0 Å². The quantitative estimate of drug-likeness (QED) is 0.416. The fourth-order valence-corrected chi connectivity index (χ4v) is 2.40. The summed E-state index contributed by atoms with van der Waals surface area (Å²) in [7, 11) is -1.16. The van der Waals surface area contributed by atoms with Crippen LogP contribution in [0.15, 0.2) is 11.2 Å². The predicted molar refractivity (Wildman–Crippen MR) is 66.4 cm³/mol. The first-order valence-corrected chi connectivity index (χ1v) is 10.0. The molecule has 100 valence electrons. The summed E-state index contributed by atoms with van der Waals surface area (Å²) in [4.78, 5) is 0. The van der Waals surface area contributed by atoms with Crippen molar-refractivity contribution in [1.29, 1.82) is 0 Å². The molecule has 5 nitrogen and oxygen atoms in total. The number of nitrogens with zero attached hydrogens (tertiary/aromatic N) is 2. The molecule has 0 aromatic carbocycles. The molecule has 0 fully saturated rings. The Hall–Kier alpha value is 0.0243. The van der Waals surface area contributed by atoms with E-state index < -0.39 is 25.0 Å². The molecule has 9 heteroatoms. The Balaban J connectivity index is 0. The molecular weight excluding hydrogens is 270 g/mol. The molecule has 0 bridgehead atoms. The largest absolute Gasteiger partial charge is 1.00 e. The van der Waals surface area contributed by atoms with Crippen LogP contribution in [-0.4, -0.2) is 33.2 Å². The van der Waals surface area contributed by atoms with Gasteiger partial charge in [0.15, 0.2) is 10.8 Å². The van der Waals surface area contributed by atoms with E-state index in [0.717, 1.165) is 16.9 Å². The normalized spacial score (nSPS) is 13.2. The number of halogens is 1. The molecule has 1 unspecified atom stereocenters. The summed E-state index contributed by atoms with van der Waals surface area (Å²) in [5, 5.41) is 3.30. The summed E-state index contributed by atoms with van der Waals surface area (Å²) in [5.74, 6) is -0.792. The van der Waals surface area contributed by atoms with E-state index in [9.17, 15) is 8.60 Å². The average Bonchev–Trinajstić information content (AvgIpc) is 2.53. The van der Waals surface area contributed by atoms with Crippen LogP contribution in [0.3, 0.4) is 0 Å². The summed E-state index contributed by atoms with van der Waals surface area (Å²) in [6.07, 6.45) is 0.908. The molecule has 0 aliphatic rings. The van der Waals surface area contributed by atoms with Crippen molar-refractivity contribution >= 4 is 19.2 Å². The number of rotatable bonds is 6. The van der Waals surface area contributed by atoms with E-state index in [2.05, 4.69) is 24.7 Å². The molecule has 1 N–H and O–H groups in total. The van der Waals surface area contributed by atoms with Gasteiger partial charge in [0.05, 0.1) is 6.20 Å². The van der Waals surface area contributed by atoms with E-state index in [0.29, 0.717) is 6.61 Å². The van der Waals surface area contributed by atoms with Crippen LogP contribution in [0.5, 0.6) is 0 Å². The molecule has 0 amide bonds. The minimum Gasteiger partial charge on any atom is -1.00 e. The number of ether oxygens (including phenoxy) is 1. The van der Waals surface area contributed by atoms with Crippen molar-refractivity contribution in [1.82, 2.24) is 9.78 Å². The second-order valence-electron chi connectivity index (χ2n) is 4.89. The van der Waals surface area contributed by atoms with Crippen molar-refractivity contribution < 1.29 is 38.2 Å². The first-order chi connectivity index (χ1) is 7.81. The summed E-state index contributed by atoms with van der Waals surface area (Å²) in [5.41, 5.74) is 0. The van der Waals surface area contributed by atoms with Crippen molar-refractivity contribution in [3.8, 4) is 0 Å². The van der Waals surface area contributed by atoms with Gasteiger partial charge in [-0.3, -0.25) is 0 Å². The third-order valence-corrected chi connectivity index (χ3v) is 4.57.